The molecule has 2 aliphatic heterocycles. The van der Waals surface area contributed by atoms with Crippen molar-refractivity contribution in [1.29, 1.82) is 0 Å². The van der Waals surface area contributed by atoms with Crippen molar-refractivity contribution in [3.8, 4) is 40.1 Å². The Morgan fingerprint density at radius 2 is 1.39 bits per heavy atom. The molecule has 3 heterocycles. The number of rotatable bonds is 17. The molecule has 2 aliphatic rings. The molecule has 0 saturated carbocycles. The molecule has 0 unspecified atom stereocenters. The van der Waals surface area contributed by atoms with Gasteiger partial charge in [-0.15, -0.1) is 0 Å². The number of aliphatic hydroxyl groups is 5. The van der Waals surface area contributed by atoms with Gasteiger partial charge >= 0.3 is 5.97 Å². The fourth-order valence-corrected chi connectivity index (χ4v) is 6.78. The van der Waals surface area contributed by atoms with E-state index in [0.29, 0.717) is 6.42 Å². The highest BCUT2D eigenvalue weighted by atomic mass is 16.7. The van der Waals surface area contributed by atoms with E-state index in [-0.39, 0.29) is 17.6 Å². The number of hydrogen-bond donors (Lipinski definition) is 9. The molecule has 0 radical (unpaired) electrons. The molecule has 310 valence electrons. The Bertz CT molecular complexity index is 1830. The number of aromatic hydroxyl groups is 4. The van der Waals surface area contributed by atoms with E-state index in [1.165, 1.54) is 38.7 Å². The second-order valence-electron chi connectivity index (χ2n) is 14.3. The van der Waals surface area contributed by atoms with Crippen LogP contribution < -0.4 is 10.2 Å². The van der Waals surface area contributed by atoms with E-state index in [9.17, 15) is 55.5 Å². The van der Waals surface area contributed by atoms with E-state index < -0.39 is 119 Å². The van der Waals surface area contributed by atoms with Crippen molar-refractivity contribution in [3.05, 3.63) is 40.6 Å². The predicted octanol–water partition coefficient (Wildman–Crippen LogP) is 2.78. The predicted molar refractivity (Wildman–Crippen MR) is 196 cm³/mol. The lowest BCUT2D eigenvalue weighted by Crippen LogP contribution is -2.62. The van der Waals surface area contributed by atoms with Crippen LogP contribution in [0.25, 0.3) is 22.3 Å². The van der Waals surface area contributed by atoms with E-state index >= 15 is 0 Å². The summed E-state index contributed by atoms with van der Waals surface area (Å²) in [5.74, 6) is -3.90. The molecule has 0 spiro atoms. The van der Waals surface area contributed by atoms with Gasteiger partial charge in [0.05, 0.1) is 12.7 Å². The number of esters is 1. The summed E-state index contributed by atoms with van der Waals surface area (Å²) in [7, 11) is 0. The van der Waals surface area contributed by atoms with Crippen LogP contribution in [0, 0.1) is 0 Å². The summed E-state index contributed by atoms with van der Waals surface area (Å²) in [4.78, 5) is 26.3. The molecule has 10 atom stereocenters. The third kappa shape index (κ3) is 10.0. The van der Waals surface area contributed by atoms with Crippen LogP contribution in [0.5, 0.6) is 28.7 Å². The summed E-state index contributed by atoms with van der Waals surface area (Å²) in [6, 6.07) is 5.27. The molecular formula is C39H52O17. The Labute approximate surface area is 322 Å². The number of benzene rings is 2. The Morgan fingerprint density at radius 3 is 2.07 bits per heavy atom. The third-order valence-corrected chi connectivity index (χ3v) is 10.0. The summed E-state index contributed by atoms with van der Waals surface area (Å²) < 4.78 is 34.1. The van der Waals surface area contributed by atoms with Crippen molar-refractivity contribution in [2.24, 2.45) is 0 Å². The zero-order chi connectivity index (χ0) is 40.7. The third-order valence-electron chi connectivity index (χ3n) is 10.0. The van der Waals surface area contributed by atoms with Crippen molar-refractivity contribution >= 4 is 16.9 Å². The molecule has 0 bridgehead atoms. The minimum Gasteiger partial charge on any atom is -0.508 e. The van der Waals surface area contributed by atoms with Crippen LogP contribution in [0.3, 0.4) is 0 Å². The zero-order valence-corrected chi connectivity index (χ0v) is 31.2. The summed E-state index contributed by atoms with van der Waals surface area (Å²) >= 11 is 0. The minimum atomic E-state index is -1.99. The number of unbranched alkanes of at least 4 members (excludes halogenated alkanes) is 8. The number of aliphatic hydroxyl groups excluding tert-OH is 5. The largest absolute Gasteiger partial charge is 0.508 e. The molecule has 5 rings (SSSR count). The van der Waals surface area contributed by atoms with Crippen LogP contribution in [-0.2, 0) is 23.7 Å². The highest BCUT2D eigenvalue weighted by molar-refractivity contribution is 5.88. The molecule has 2 fully saturated rings. The van der Waals surface area contributed by atoms with E-state index in [1.54, 1.807) is 0 Å². The van der Waals surface area contributed by atoms with E-state index in [4.69, 9.17) is 28.1 Å². The number of ether oxygens (including phenoxy) is 5. The second-order valence-corrected chi connectivity index (χ2v) is 14.3. The van der Waals surface area contributed by atoms with Crippen LogP contribution >= 0.6 is 0 Å². The maximum absolute atomic E-state index is 13.8. The van der Waals surface area contributed by atoms with Crippen LogP contribution in [0.4, 0.5) is 0 Å². The molecule has 2 aromatic carbocycles. The first-order chi connectivity index (χ1) is 26.7. The van der Waals surface area contributed by atoms with E-state index in [0.717, 1.165) is 49.9 Å². The molecule has 17 heteroatoms. The molecule has 2 saturated heterocycles. The average molecular weight is 793 g/mol. The van der Waals surface area contributed by atoms with Crippen molar-refractivity contribution in [2.45, 2.75) is 139 Å². The number of carbonyl (C=O) groups excluding carboxylic acids is 1. The Morgan fingerprint density at radius 1 is 0.732 bits per heavy atom. The smallest absolute Gasteiger partial charge is 0.306 e. The zero-order valence-electron chi connectivity index (χ0n) is 31.2. The van der Waals surface area contributed by atoms with E-state index in [2.05, 4.69) is 6.92 Å². The minimum absolute atomic E-state index is 0.0357. The fourth-order valence-electron chi connectivity index (χ4n) is 6.78. The summed E-state index contributed by atoms with van der Waals surface area (Å²) in [6.07, 6.45) is -6.40. The average Bonchev–Trinajstić information content (AvgIpc) is 3.15. The summed E-state index contributed by atoms with van der Waals surface area (Å²) in [6.45, 7) is 3.06. The maximum atomic E-state index is 13.8. The van der Waals surface area contributed by atoms with Crippen molar-refractivity contribution in [2.75, 3.05) is 6.61 Å². The lowest BCUT2D eigenvalue weighted by molar-refractivity contribution is -0.319. The topological polar surface area (TPSA) is 276 Å². The van der Waals surface area contributed by atoms with Gasteiger partial charge in [0.1, 0.15) is 59.1 Å². The number of phenolic OH excluding ortho intramolecular Hbond substituents is 4. The lowest BCUT2D eigenvalue weighted by Gasteiger charge is -2.43. The first-order valence-corrected chi connectivity index (χ1v) is 19.0. The molecule has 9 N–H and O–H groups in total. The first kappa shape index (κ1) is 42.9. The van der Waals surface area contributed by atoms with Gasteiger partial charge in [0.25, 0.3) is 0 Å². The summed E-state index contributed by atoms with van der Waals surface area (Å²) in [5, 5.41) is 94.1. The van der Waals surface area contributed by atoms with Crippen molar-refractivity contribution in [3.63, 3.8) is 0 Å². The number of phenols is 4. The van der Waals surface area contributed by atoms with Gasteiger partial charge in [0, 0.05) is 24.1 Å². The highest BCUT2D eigenvalue weighted by Crippen LogP contribution is 2.39. The lowest BCUT2D eigenvalue weighted by atomic mass is 9.98. The fraction of sp³-hybridized carbons (Fsp3) is 0.590. The van der Waals surface area contributed by atoms with Crippen LogP contribution in [0.15, 0.2) is 39.5 Å². The first-order valence-electron chi connectivity index (χ1n) is 19.0. The van der Waals surface area contributed by atoms with Crippen LogP contribution in [0.1, 0.15) is 78.1 Å². The van der Waals surface area contributed by atoms with Crippen molar-refractivity contribution < 1.29 is 78.9 Å². The molecule has 56 heavy (non-hydrogen) atoms. The van der Waals surface area contributed by atoms with Gasteiger partial charge in [-0.1, -0.05) is 58.3 Å². The second kappa shape index (κ2) is 19.3. The summed E-state index contributed by atoms with van der Waals surface area (Å²) in [5.41, 5.74) is -1.36. The monoisotopic (exact) mass is 792 g/mol. The standard InChI is InChI=1S/C39H52O17/c1-3-4-5-6-7-8-9-10-11-12-27(44)55-35-19(2)52-38(34(50)32(35)48)51-18-26-29(45)31(47)33(49)39(54-26)56-37-30(46)28-24(43)16-21(40)17-25(28)53-36(37)20-13-14-22(41)23(42)15-20/h13-17,19,26,29,31-35,38-43,45,47-50H,3-12,18H2,1-2H3/t19-,26+,29+,31-,32-,33+,34+,35-,38+,39-/m0/s1. The van der Waals surface area contributed by atoms with Crippen molar-refractivity contribution in [1.82, 2.24) is 0 Å². The quantitative estimate of drug-likeness (QED) is 0.0540. The molecule has 0 aliphatic carbocycles. The van der Waals surface area contributed by atoms with Crippen LogP contribution in [-0.4, -0.2) is 120 Å². The molecule has 17 nitrogen and oxygen atoms in total. The Kier molecular flexibility index (Phi) is 14.8. The van der Waals surface area contributed by atoms with Gasteiger partial charge in [-0.3, -0.25) is 9.59 Å². The van der Waals surface area contributed by atoms with Gasteiger partial charge in [-0.25, -0.2) is 0 Å². The van der Waals surface area contributed by atoms with Gasteiger partial charge in [0.2, 0.25) is 17.5 Å². The van der Waals surface area contributed by atoms with Crippen LogP contribution in [0.2, 0.25) is 0 Å². The number of hydrogen-bond acceptors (Lipinski definition) is 17. The number of carbonyl (C=O) groups is 1. The number of fused-ring (bicyclic) bond motifs is 1. The highest BCUT2D eigenvalue weighted by Gasteiger charge is 2.49. The molecular weight excluding hydrogens is 740 g/mol. The molecule has 0 amide bonds. The van der Waals surface area contributed by atoms with Gasteiger partial charge in [-0.05, 0) is 31.5 Å². The normalized spacial score (nSPS) is 28.0. The maximum Gasteiger partial charge on any atom is 0.306 e. The molecule has 1 aromatic heterocycles. The SMILES string of the molecule is CCCCCCCCCCCC(=O)O[C@@H]1[C@@H](O)[C@@H](O)[C@H](OC[C@H]2O[C@@H](Oc3c(-c4ccc(O)c(O)c4)oc4cc(O)cc(O)c4c3=O)[C@H](O)[C@@H](O)[C@@H]2O)O[C@H]1C. The van der Waals surface area contributed by atoms with E-state index in [1.807, 2.05) is 0 Å². The Balaban J connectivity index is 1.23. The van der Waals surface area contributed by atoms with Gasteiger partial charge < -0.3 is 74.1 Å². The Hall–Kier alpha value is -4.20. The van der Waals surface area contributed by atoms with Gasteiger partial charge in [0.15, 0.2) is 29.7 Å². The molecule has 3 aromatic rings. The van der Waals surface area contributed by atoms with Gasteiger partial charge in [-0.2, -0.15) is 0 Å².